The molecule has 0 unspecified atom stereocenters. The molecule has 0 fully saturated rings. The number of carbonyl (C=O) groups excluding carboxylic acids is 1. The van der Waals surface area contributed by atoms with Gasteiger partial charge in [0.05, 0.1) is 4.70 Å². The van der Waals surface area contributed by atoms with E-state index in [1.54, 1.807) is 42.5 Å². The Kier molecular flexibility index (Phi) is 3.64. The molecule has 0 bridgehead atoms. The van der Waals surface area contributed by atoms with Crippen LogP contribution in [-0.2, 0) is 0 Å². The summed E-state index contributed by atoms with van der Waals surface area (Å²) >= 11 is 6.77. The first-order chi connectivity index (χ1) is 10.1. The second-order valence-corrected chi connectivity index (χ2v) is 5.50. The largest absolute Gasteiger partial charge is 0.417 e. The number of hydrogen-bond acceptors (Lipinski definition) is 5. The van der Waals surface area contributed by atoms with Crippen molar-refractivity contribution < 1.29 is 13.9 Å². The lowest BCUT2D eigenvalue weighted by molar-refractivity contribution is 0.215. The van der Waals surface area contributed by atoms with Gasteiger partial charge in [0.2, 0.25) is 0 Å². The SMILES string of the molecule is O=C(Nc1cccc(Cl)c1)Oc1ccc2oc(=O)sc2c1. The van der Waals surface area contributed by atoms with Gasteiger partial charge < -0.3 is 9.15 Å². The molecule has 3 rings (SSSR count). The van der Waals surface area contributed by atoms with E-state index in [-0.39, 0.29) is 0 Å². The molecule has 1 aromatic heterocycles. The average molecular weight is 322 g/mol. The topological polar surface area (TPSA) is 68.5 Å². The minimum atomic E-state index is -0.646. The molecular weight excluding hydrogens is 314 g/mol. The fourth-order valence-corrected chi connectivity index (χ4v) is 2.62. The number of ether oxygens (including phenoxy) is 1. The van der Waals surface area contributed by atoms with Gasteiger partial charge in [0.15, 0.2) is 0 Å². The van der Waals surface area contributed by atoms with Crippen molar-refractivity contribution in [2.24, 2.45) is 0 Å². The Labute approximate surface area is 127 Å². The molecule has 0 saturated heterocycles. The van der Waals surface area contributed by atoms with E-state index in [9.17, 15) is 9.59 Å². The predicted molar refractivity (Wildman–Crippen MR) is 81.5 cm³/mol. The quantitative estimate of drug-likeness (QED) is 0.771. The highest BCUT2D eigenvalue weighted by molar-refractivity contribution is 7.16. The Hall–Kier alpha value is -2.31. The number of benzene rings is 2. The standard InChI is InChI=1S/C14H8ClNO4S/c15-8-2-1-3-9(6-8)16-13(17)19-10-4-5-11-12(7-10)21-14(18)20-11/h1-7H,(H,16,17). The third kappa shape index (κ3) is 3.24. The van der Waals surface area contributed by atoms with Crippen molar-refractivity contribution >= 4 is 45.0 Å². The van der Waals surface area contributed by atoms with Crippen molar-refractivity contribution in [3.05, 3.63) is 57.2 Å². The Morgan fingerprint density at radius 2 is 2.10 bits per heavy atom. The monoisotopic (exact) mass is 321 g/mol. The second kappa shape index (κ2) is 5.59. The van der Waals surface area contributed by atoms with Gasteiger partial charge in [-0.3, -0.25) is 5.32 Å². The molecule has 106 valence electrons. The maximum absolute atomic E-state index is 11.8. The summed E-state index contributed by atoms with van der Waals surface area (Å²) in [6.07, 6.45) is -0.646. The highest BCUT2D eigenvalue weighted by Gasteiger charge is 2.08. The van der Waals surface area contributed by atoms with Crippen LogP contribution in [0.1, 0.15) is 0 Å². The molecule has 2 aromatic carbocycles. The van der Waals surface area contributed by atoms with Gasteiger partial charge >= 0.3 is 11.0 Å². The van der Waals surface area contributed by atoms with Gasteiger partial charge in [-0.1, -0.05) is 29.0 Å². The number of amides is 1. The summed E-state index contributed by atoms with van der Waals surface area (Å²) in [6, 6.07) is 11.4. The van der Waals surface area contributed by atoms with Crippen molar-refractivity contribution in [2.45, 2.75) is 0 Å². The lowest BCUT2D eigenvalue weighted by atomic mass is 10.3. The van der Waals surface area contributed by atoms with Crippen LogP contribution in [0.4, 0.5) is 10.5 Å². The van der Waals surface area contributed by atoms with Crippen LogP contribution in [0, 0.1) is 0 Å². The van der Waals surface area contributed by atoms with Gasteiger partial charge in [-0.2, -0.15) is 0 Å². The summed E-state index contributed by atoms with van der Waals surface area (Å²) in [5.41, 5.74) is 0.995. The summed E-state index contributed by atoms with van der Waals surface area (Å²) in [7, 11) is 0. The molecule has 0 saturated carbocycles. The molecule has 1 heterocycles. The number of nitrogens with one attached hydrogen (secondary N) is 1. The first-order valence-electron chi connectivity index (χ1n) is 5.88. The van der Waals surface area contributed by atoms with Gasteiger partial charge in [0, 0.05) is 16.8 Å². The van der Waals surface area contributed by atoms with E-state index in [1.807, 2.05) is 0 Å². The molecule has 0 spiro atoms. The molecule has 5 nitrogen and oxygen atoms in total. The average Bonchev–Trinajstić information content (AvgIpc) is 2.78. The van der Waals surface area contributed by atoms with Crippen LogP contribution in [0.25, 0.3) is 10.3 Å². The van der Waals surface area contributed by atoms with E-state index in [0.717, 1.165) is 11.3 Å². The van der Waals surface area contributed by atoms with Crippen LogP contribution in [-0.4, -0.2) is 6.09 Å². The molecule has 0 aliphatic heterocycles. The lowest BCUT2D eigenvalue weighted by Crippen LogP contribution is -2.16. The second-order valence-electron chi connectivity index (χ2n) is 4.09. The van der Waals surface area contributed by atoms with E-state index in [4.69, 9.17) is 20.8 Å². The number of rotatable bonds is 2. The van der Waals surface area contributed by atoms with Gasteiger partial charge in [-0.15, -0.1) is 0 Å². The zero-order valence-electron chi connectivity index (χ0n) is 10.5. The van der Waals surface area contributed by atoms with Crippen molar-refractivity contribution in [3.8, 4) is 5.75 Å². The maximum Gasteiger partial charge on any atom is 0.417 e. The molecule has 21 heavy (non-hydrogen) atoms. The third-order valence-corrected chi connectivity index (χ3v) is 3.61. The Bertz CT molecular complexity index is 871. The zero-order valence-corrected chi connectivity index (χ0v) is 12.0. The minimum absolute atomic E-state index is 0.319. The van der Waals surface area contributed by atoms with E-state index in [0.29, 0.717) is 26.7 Å². The first-order valence-corrected chi connectivity index (χ1v) is 7.08. The number of carbonyl (C=O) groups is 1. The maximum atomic E-state index is 11.8. The van der Waals surface area contributed by atoms with Crippen molar-refractivity contribution in [3.63, 3.8) is 0 Å². The van der Waals surface area contributed by atoms with Crippen LogP contribution < -0.4 is 15.0 Å². The summed E-state index contributed by atoms with van der Waals surface area (Å²) in [5.74, 6) is 0.319. The fourth-order valence-electron chi connectivity index (χ4n) is 1.73. The number of anilines is 1. The molecular formula is C14H8ClNO4S. The lowest BCUT2D eigenvalue weighted by Gasteiger charge is -2.06. The molecule has 0 atom stereocenters. The highest BCUT2D eigenvalue weighted by Crippen LogP contribution is 2.23. The van der Waals surface area contributed by atoms with Gasteiger partial charge in [0.25, 0.3) is 0 Å². The molecule has 0 aliphatic carbocycles. The van der Waals surface area contributed by atoms with Crippen molar-refractivity contribution in [1.29, 1.82) is 0 Å². The zero-order chi connectivity index (χ0) is 14.8. The van der Waals surface area contributed by atoms with E-state index in [1.165, 1.54) is 0 Å². The summed E-state index contributed by atoms with van der Waals surface area (Å²) in [6.45, 7) is 0. The first kappa shape index (κ1) is 13.7. The molecule has 1 amide bonds. The molecule has 1 N–H and O–H groups in total. The number of fused-ring (bicyclic) bond motifs is 1. The van der Waals surface area contributed by atoms with Crippen LogP contribution in [0.15, 0.2) is 51.7 Å². The summed E-state index contributed by atoms with van der Waals surface area (Å²) < 4.78 is 10.7. The molecule has 0 radical (unpaired) electrons. The fraction of sp³-hybridized carbons (Fsp3) is 0. The molecule has 0 aliphatic rings. The van der Waals surface area contributed by atoms with Crippen molar-refractivity contribution in [1.82, 2.24) is 0 Å². The van der Waals surface area contributed by atoms with Crippen LogP contribution in [0.5, 0.6) is 5.75 Å². The molecule has 3 aromatic rings. The Morgan fingerprint density at radius 3 is 2.90 bits per heavy atom. The predicted octanol–water partition coefficient (Wildman–Crippen LogP) is 4.12. The van der Waals surface area contributed by atoms with Gasteiger partial charge in [0.1, 0.15) is 11.3 Å². The number of hydrogen-bond donors (Lipinski definition) is 1. The van der Waals surface area contributed by atoms with E-state index in [2.05, 4.69) is 5.32 Å². The van der Waals surface area contributed by atoms with Crippen molar-refractivity contribution in [2.75, 3.05) is 5.32 Å². The van der Waals surface area contributed by atoms with E-state index < -0.39 is 11.0 Å². The summed E-state index contributed by atoms with van der Waals surface area (Å²) in [4.78, 5) is 22.5. The van der Waals surface area contributed by atoms with Gasteiger partial charge in [-0.25, -0.2) is 9.59 Å². The minimum Gasteiger partial charge on any atom is -0.414 e. The van der Waals surface area contributed by atoms with E-state index >= 15 is 0 Å². The summed E-state index contributed by atoms with van der Waals surface area (Å²) in [5, 5.41) is 3.07. The third-order valence-electron chi connectivity index (χ3n) is 2.58. The Balaban J connectivity index is 1.75. The molecule has 7 heteroatoms. The van der Waals surface area contributed by atoms with Gasteiger partial charge in [-0.05, 0) is 30.3 Å². The Morgan fingerprint density at radius 1 is 1.24 bits per heavy atom. The van der Waals surface area contributed by atoms with Crippen LogP contribution >= 0.6 is 22.9 Å². The number of halogens is 1. The van der Waals surface area contributed by atoms with Crippen LogP contribution in [0.2, 0.25) is 5.02 Å². The highest BCUT2D eigenvalue weighted by atomic mass is 35.5. The normalized spacial score (nSPS) is 10.5. The smallest absolute Gasteiger partial charge is 0.414 e. The van der Waals surface area contributed by atoms with Crippen LogP contribution in [0.3, 0.4) is 0 Å².